The van der Waals surface area contributed by atoms with Crippen LogP contribution in [0.4, 0.5) is 0 Å². The van der Waals surface area contributed by atoms with Gasteiger partial charge in [0.05, 0.1) is 27.2 Å². The van der Waals surface area contributed by atoms with Crippen molar-refractivity contribution in [1.29, 1.82) is 5.26 Å². The molecule has 2 aromatic carbocycles. The second-order valence-electron chi connectivity index (χ2n) is 4.66. The molecule has 1 unspecified atom stereocenters. The van der Waals surface area contributed by atoms with Crippen molar-refractivity contribution < 1.29 is 0 Å². The fourth-order valence-corrected chi connectivity index (χ4v) is 2.72. The topological polar surface area (TPSA) is 41.6 Å². The summed E-state index contributed by atoms with van der Waals surface area (Å²) in [6.07, 6.45) is 0. The Morgan fingerprint density at radius 1 is 1.19 bits per heavy atom. The van der Waals surface area contributed by atoms with E-state index in [0.717, 1.165) is 11.2 Å². The minimum atomic E-state index is -0.305. The molecule has 0 N–H and O–H groups in total. The number of para-hydroxylation sites is 2. The normalized spacial score (nSPS) is 12.3. The van der Waals surface area contributed by atoms with Crippen LogP contribution in [0.1, 0.15) is 23.7 Å². The van der Waals surface area contributed by atoms with E-state index in [1.165, 1.54) is 0 Å². The molecule has 0 aliphatic carbocycles. The maximum Gasteiger partial charge on any atom is 0.132 e. The first kappa shape index (κ1) is 13.9. The Morgan fingerprint density at radius 2 is 1.95 bits per heavy atom. The zero-order valence-electron chi connectivity index (χ0n) is 11.2. The van der Waals surface area contributed by atoms with E-state index in [0.29, 0.717) is 21.9 Å². The van der Waals surface area contributed by atoms with E-state index in [-0.39, 0.29) is 5.38 Å². The van der Waals surface area contributed by atoms with Crippen molar-refractivity contribution in [3.05, 3.63) is 58.9 Å². The van der Waals surface area contributed by atoms with Crippen LogP contribution in [0.5, 0.6) is 0 Å². The third-order valence-electron chi connectivity index (χ3n) is 3.28. The van der Waals surface area contributed by atoms with E-state index in [4.69, 9.17) is 23.2 Å². The SMILES string of the molecule is CC(Cl)c1nc2c(Cl)cccc2n1-c1ccccc1C#N. The maximum atomic E-state index is 9.33. The van der Waals surface area contributed by atoms with Crippen LogP contribution in [0.15, 0.2) is 42.5 Å². The highest BCUT2D eigenvalue weighted by atomic mass is 35.5. The van der Waals surface area contributed by atoms with Gasteiger partial charge in [-0.2, -0.15) is 5.26 Å². The van der Waals surface area contributed by atoms with Gasteiger partial charge in [0.15, 0.2) is 0 Å². The predicted octanol–water partition coefficient (Wildman–Crippen LogP) is 4.85. The lowest BCUT2D eigenvalue weighted by molar-refractivity contribution is 0.881. The molecular weight excluding hydrogens is 305 g/mol. The van der Waals surface area contributed by atoms with Crippen LogP contribution in [0, 0.1) is 11.3 Å². The summed E-state index contributed by atoms with van der Waals surface area (Å²) < 4.78 is 1.90. The van der Waals surface area contributed by atoms with Crippen molar-refractivity contribution in [2.75, 3.05) is 0 Å². The van der Waals surface area contributed by atoms with E-state index >= 15 is 0 Å². The molecule has 1 atom stereocenters. The molecule has 3 nitrogen and oxygen atoms in total. The monoisotopic (exact) mass is 315 g/mol. The fourth-order valence-electron chi connectivity index (χ4n) is 2.37. The molecule has 0 spiro atoms. The standard InChI is InChI=1S/C16H11Cl2N3/c1-10(17)16-20-15-12(18)6-4-8-14(15)21(16)13-7-3-2-5-11(13)9-19/h2-8,10H,1H3. The Morgan fingerprint density at radius 3 is 2.67 bits per heavy atom. The van der Waals surface area contributed by atoms with E-state index in [1.54, 1.807) is 12.1 Å². The lowest BCUT2D eigenvalue weighted by Crippen LogP contribution is -2.03. The minimum Gasteiger partial charge on any atom is -0.294 e. The van der Waals surface area contributed by atoms with Gasteiger partial charge in [0.1, 0.15) is 17.4 Å². The number of imidazole rings is 1. The number of benzene rings is 2. The first-order valence-corrected chi connectivity index (χ1v) is 7.25. The third kappa shape index (κ3) is 2.27. The molecule has 0 radical (unpaired) electrons. The number of nitriles is 1. The molecule has 0 bridgehead atoms. The number of fused-ring (bicyclic) bond motifs is 1. The second-order valence-corrected chi connectivity index (χ2v) is 5.72. The third-order valence-corrected chi connectivity index (χ3v) is 3.78. The Hall–Kier alpha value is -2.02. The fraction of sp³-hybridized carbons (Fsp3) is 0.125. The van der Waals surface area contributed by atoms with Gasteiger partial charge >= 0.3 is 0 Å². The molecule has 1 aromatic heterocycles. The van der Waals surface area contributed by atoms with E-state index in [1.807, 2.05) is 41.8 Å². The predicted molar refractivity (Wildman–Crippen MR) is 85.1 cm³/mol. The summed E-state index contributed by atoms with van der Waals surface area (Å²) in [4.78, 5) is 4.55. The molecule has 1 heterocycles. The second kappa shape index (κ2) is 5.40. The first-order chi connectivity index (χ1) is 10.1. The van der Waals surface area contributed by atoms with Crippen LogP contribution in [-0.2, 0) is 0 Å². The summed E-state index contributed by atoms with van der Waals surface area (Å²) in [5, 5.41) is 9.59. The zero-order valence-corrected chi connectivity index (χ0v) is 12.7. The van der Waals surface area contributed by atoms with Crippen LogP contribution in [-0.4, -0.2) is 9.55 Å². The highest BCUT2D eigenvalue weighted by molar-refractivity contribution is 6.35. The van der Waals surface area contributed by atoms with Crippen LogP contribution >= 0.6 is 23.2 Å². The van der Waals surface area contributed by atoms with Gasteiger partial charge < -0.3 is 0 Å². The molecule has 0 aliphatic heterocycles. The maximum absolute atomic E-state index is 9.33. The van der Waals surface area contributed by atoms with Gasteiger partial charge in [-0.1, -0.05) is 29.8 Å². The summed E-state index contributed by atoms with van der Waals surface area (Å²) in [6, 6.07) is 15.1. The molecule has 0 fully saturated rings. The average Bonchev–Trinajstić information content (AvgIpc) is 2.88. The Bertz CT molecular complexity index is 860. The molecule has 5 heteroatoms. The molecule has 21 heavy (non-hydrogen) atoms. The van der Waals surface area contributed by atoms with Crippen molar-refractivity contribution >= 4 is 34.2 Å². The van der Waals surface area contributed by atoms with Crippen molar-refractivity contribution in [3.8, 4) is 11.8 Å². The largest absolute Gasteiger partial charge is 0.294 e. The zero-order chi connectivity index (χ0) is 15.0. The number of halogens is 2. The summed E-state index contributed by atoms with van der Waals surface area (Å²) in [5.74, 6) is 0.669. The van der Waals surface area contributed by atoms with Gasteiger partial charge in [-0.3, -0.25) is 4.57 Å². The van der Waals surface area contributed by atoms with Crippen LogP contribution in [0.3, 0.4) is 0 Å². The van der Waals surface area contributed by atoms with Crippen LogP contribution in [0.2, 0.25) is 5.02 Å². The molecular formula is C16H11Cl2N3. The smallest absolute Gasteiger partial charge is 0.132 e. The molecule has 3 aromatic rings. The Kier molecular flexibility index (Phi) is 3.59. The van der Waals surface area contributed by atoms with Crippen molar-refractivity contribution in [2.24, 2.45) is 0 Å². The first-order valence-electron chi connectivity index (χ1n) is 6.44. The molecule has 0 amide bonds. The molecule has 3 rings (SSSR count). The number of hydrogen-bond acceptors (Lipinski definition) is 2. The van der Waals surface area contributed by atoms with Crippen molar-refractivity contribution in [2.45, 2.75) is 12.3 Å². The van der Waals surface area contributed by atoms with Gasteiger partial charge in [0.2, 0.25) is 0 Å². The van der Waals surface area contributed by atoms with Crippen molar-refractivity contribution in [3.63, 3.8) is 0 Å². The van der Waals surface area contributed by atoms with Gasteiger partial charge in [0.25, 0.3) is 0 Å². The van der Waals surface area contributed by atoms with Crippen LogP contribution in [0.25, 0.3) is 16.7 Å². The van der Waals surface area contributed by atoms with Gasteiger partial charge in [-0.25, -0.2) is 4.98 Å². The molecule has 0 saturated heterocycles. The van der Waals surface area contributed by atoms with E-state index in [2.05, 4.69) is 11.1 Å². The Balaban J connectivity index is 2.43. The lowest BCUT2D eigenvalue weighted by atomic mass is 10.2. The van der Waals surface area contributed by atoms with E-state index < -0.39 is 0 Å². The van der Waals surface area contributed by atoms with E-state index in [9.17, 15) is 5.26 Å². The summed E-state index contributed by atoms with van der Waals surface area (Å²) >= 11 is 12.5. The quantitative estimate of drug-likeness (QED) is 0.634. The number of hydrogen-bond donors (Lipinski definition) is 0. The number of alkyl halides is 1. The summed E-state index contributed by atoms with van der Waals surface area (Å²) in [7, 11) is 0. The highest BCUT2D eigenvalue weighted by Gasteiger charge is 2.19. The average molecular weight is 316 g/mol. The van der Waals surface area contributed by atoms with Crippen LogP contribution < -0.4 is 0 Å². The Labute approximate surface area is 132 Å². The van der Waals surface area contributed by atoms with Gasteiger partial charge in [0, 0.05) is 0 Å². The summed E-state index contributed by atoms with van der Waals surface area (Å²) in [5.41, 5.74) is 2.85. The van der Waals surface area contributed by atoms with Gasteiger partial charge in [-0.05, 0) is 31.2 Å². The number of rotatable bonds is 2. The molecule has 104 valence electrons. The lowest BCUT2D eigenvalue weighted by Gasteiger charge is -2.12. The molecule has 0 saturated carbocycles. The summed E-state index contributed by atoms with van der Waals surface area (Å²) in [6.45, 7) is 1.85. The molecule has 0 aliphatic rings. The number of aromatic nitrogens is 2. The van der Waals surface area contributed by atoms with Gasteiger partial charge in [-0.15, -0.1) is 11.6 Å². The minimum absolute atomic E-state index is 0.305. The number of nitrogens with zero attached hydrogens (tertiary/aromatic N) is 3. The van der Waals surface area contributed by atoms with Crippen molar-refractivity contribution in [1.82, 2.24) is 9.55 Å². The highest BCUT2D eigenvalue weighted by Crippen LogP contribution is 2.32.